The molecular weight excluding hydrogens is 236 g/mol. The number of ether oxygens (including phenoxy) is 1. The summed E-state index contributed by atoms with van der Waals surface area (Å²) in [7, 11) is 1.78. The maximum absolute atomic E-state index is 11.1. The molecule has 3 aromatic rings. The van der Waals surface area contributed by atoms with Gasteiger partial charge in [0.15, 0.2) is 17.1 Å². The van der Waals surface area contributed by atoms with Gasteiger partial charge in [-0.3, -0.25) is 9.67 Å². The summed E-state index contributed by atoms with van der Waals surface area (Å²) >= 11 is 0. The third-order valence-corrected chi connectivity index (χ3v) is 2.46. The lowest BCUT2D eigenvalue weighted by atomic mass is 10.2. The molecule has 7 nitrogen and oxygen atoms in total. The van der Waals surface area contributed by atoms with Crippen molar-refractivity contribution in [3.05, 3.63) is 35.1 Å². The van der Waals surface area contributed by atoms with Gasteiger partial charge in [-0.2, -0.15) is 5.10 Å². The fraction of sp³-hybridized carbons (Fsp3) is 0.0909. The number of hydrogen-bond donors (Lipinski definition) is 2. The molecule has 0 spiro atoms. The first kappa shape index (κ1) is 10.5. The van der Waals surface area contributed by atoms with Gasteiger partial charge in [0, 0.05) is 19.2 Å². The summed E-state index contributed by atoms with van der Waals surface area (Å²) in [4.78, 5) is 13.6. The summed E-state index contributed by atoms with van der Waals surface area (Å²) in [6.07, 6.45) is 3.28. The van der Waals surface area contributed by atoms with Gasteiger partial charge in [-0.15, -0.1) is 0 Å². The molecule has 0 aliphatic heterocycles. The van der Waals surface area contributed by atoms with Crippen molar-refractivity contribution in [1.82, 2.24) is 14.8 Å². The van der Waals surface area contributed by atoms with Crippen LogP contribution < -0.4 is 16.2 Å². The van der Waals surface area contributed by atoms with Crippen LogP contribution in [0.1, 0.15) is 0 Å². The Morgan fingerprint density at radius 1 is 1.50 bits per heavy atom. The van der Waals surface area contributed by atoms with Crippen molar-refractivity contribution >= 4 is 16.8 Å². The van der Waals surface area contributed by atoms with Crippen LogP contribution in [0.4, 0.5) is 5.69 Å². The highest BCUT2D eigenvalue weighted by atomic mass is 16.5. The Morgan fingerprint density at radius 3 is 3.06 bits per heavy atom. The molecule has 18 heavy (non-hydrogen) atoms. The molecule has 3 N–H and O–H groups in total. The summed E-state index contributed by atoms with van der Waals surface area (Å²) in [6.45, 7) is 0. The number of nitrogens with zero attached hydrogens (tertiary/aromatic N) is 2. The number of nitrogens with two attached hydrogens (primary N) is 1. The molecule has 0 aliphatic rings. The molecule has 1 aromatic carbocycles. The topological polar surface area (TPSA) is 99.1 Å². The Kier molecular flexibility index (Phi) is 2.12. The minimum absolute atomic E-state index is 0.383. The van der Waals surface area contributed by atoms with E-state index < -0.39 is 5.76 Å². The normalized spacial score (nSPS) is 10.9. The summed E-state index contributed by atoms with van der Waals surface area (Å²) in [5, 5.41) is 3.98. The van der Waals surface area contributed by atoms with Gasteiger partial charge >= 0.3 is 5.76 Å². The fourth-order valence-corrected chi connectivity index (χ4v) is 1.66. The third kappa shape index (κ3) is 1.71. The zero-order valence-electron chi connectivity index (χ0n) is 9.51. The van der Waals surface area contributed by atoms with E-state index in [-0.39, 0.29) is 0 Å². The van der Waals surface area contributed by atoms with E-state index in [0.29, 0.717) is 28.3 Å². The number of H-pyrrole nitrogens is 1. The van der Waals surface area contributed by atoms with E-state index >= 15 is 0 Å². The second-order valence-corrected chi connectivity index (χ2v) is 3.85. The van der Waals surface area contributed by atoms with Crippen molar-refractivity contribution < 1.29 is 9.15 Å². The summed E-state index contributed by atoms with van der Waals surface area (Å²) in [5.41, 5.74) is 7.14. The van der Waals surface area contributed by atoms with E-state index in [0.717, 1.165) is 0 Å². The average molecular weight is 246 g/mol. The van der Waals surface area contributed by atoms with Gasteiger partial charge in [0.25, 0.3) is 0 Å². The lowest BCUT2D eigenvalue weighted by Crippen LogP contribution is -1.93. The predicted molar refractivity (Wildman–Crippen MR) is 64.5 cm³/mol. The number of fused-ring (bicyclic) bond motifs is 1. The number of aromatic nitrogens is 3. The number of anilines is 1. The standard InChI is InChI=1S/C11H10N4O3/c1-15-5-6(4-13-15)17-9-3-8-10(2-7(9)12)18-11(16)14-8/h2-5H,12H2,1H3,(H,14,16). The monoisotopic (exact) mass is 246 g/mol. The summed E-state index contributed by atoms with van der Waals surface area (Å²) in [5.74, 6) is 0.477. The number of nitrogen functional groups attached to an aromatic ring is 1. The second-order valence-electron chi connectivity index (χ2n) is 3.85. The van der Waals surface area contributed by atoms with Gasteiger partial charge in [0.1, 0.15) is 0 Å². The van der Waals surface area contributed by atoms with Crippen molar-refractivity contribution in [2.24, 2.45) is 7.05 Å². The number of benzene rings is 1. The largest absolute Gasteiger partial charge is 0.452 e. The molecule has 3 rings (SSSR count). The van der Waals surface area contributed by atoms with E-state index in [1.54, 1.807) is 36.3 Å². The minimum Gasteiger partial charge on any atom is -0.452 e. The fourth-order valence-electron chi connectivity index (χ4n) is 1.66. The van der Waals surface area contributed by atoms with Crippen LogP contribution in [0, 0.1) is 0 Å². The van der Waals surface area contributed by atoms with Gasteiger partial charge in [-0.1, -0.05) is 0 Å². The van der Waals surface area contributed by atoms with Crippen molar-refractivity contribution in [2.45, 2.75) is 0 Å². The smallest absolute Gasteiger partial charge is 0.417 e. The van der Waals surface area contributed by atoms with E-state index in [2.05, 4.69) is 10.1 Å². The van der Waals surface area contributed by atoms with Crippen LogP contribution in [-0.2, 0) is 7.05 Å². The van der Waals surface area contributed by atoms with Crippen molar-refractivity contribution in [1.29, 1.82) is 0 Å². The van der Waals surface area contributed by atoms with E-state index in [4.69, 9.17) is 14.9 Å². The number of nitrogens with one attached hydrogen (secondary N) is 1. The van der Waals surface area contributed by atoms with Crippen molar-refractivity contribution in [3.8, 4) is 11.5 Å². The van der Waals surface area contributed by atoms with E-state index in [1.807, 2.05) is 0 Å². The first-order valence-corrected chi connectivity index (χ1v) is 5.20. The molecule has 0 atom stereocenters. The second kappa shape index (κ2) is 3.66. The van der Waals surface area contributed by atoms with Crippen molar-refractivity contribution in [2.75, 3.05) is 5.73 Å². The molecule has 7 heteroatoms. The van der Waals surface area contributed by atoms with Crippen molar-refractivity contribution in [3.63, 3.8) is 0 Å². The minimum atomic E-state index is -0.525. The number of hydrogen-bond acceptors (Lipinski definition) is 5. The Hall–Kier alpha value is -2.70. The Morgan fingerprint density at radius 2 is 2.33 bits per heavy atom. The number of aryl methyl sites for hydroxylation is 1. The summed E-state index contributed by atoms with van der Waals surface area (Å²) < 4.78 is 12.1. The van der Waals surface area contributed by atoms with Crippen LogP contribution in [0.15, 0.2) is 33.7 Å². The van der Waals surface area contributed by atoms with Crippen LogP contribution in [0.5, 0.6) is 11.5 Å². The van der Waals surface area contributed by atoms with Gasteiger partial charge in [-0.25, -0.2) is 4.79 Å². The first-order chi connectivity index (χ1) is 8.61. The van der Waals surface area contributed by atoms with Crippen LogP contribution in [-0.4, -0.2) is 14.8 Å². The number of aromatic amines is 1. The lowest BCUT2D eigenvalue weighted by molar-refractivity contribution is 0.484. The van der Waals surface area contributed by atoms with Crippen LogP contribution in [0.25, 0.3) is 11.1 Å². The SMILES string of the molecule is Cn1cc(Oc2cc3[nH]c(=O)oc3cc2N)cn1. The Labute approximate surface area is 101 Å². The molecule has 2 aromatic heterocycles. The highest BCUT2D eigenvalue weighted by Crippen LogP contribution is 2.30. The van der Waals surface area contributed by atoms with Gasteiger partial charge in [0.05, 0.1) is 23.6 Å². The van der Waals surface area contributed by atoms with E-state index in [1.165, 1.54) is 0 Å². The molecule has 0 aliphatic carbocycles. The molecule has 0 radical (unpaired) electrons. The van der Waals surface area contributed by atoms with Crippen LogP contribution >= 0.6 is 0 Å². The Bertz CT molecular complexity index is 768. The van der Waals surface area contributed by atoms with Crippen LogP contribution in [0.2, 0.25) is 0 Å². The number of rotatable bonds is 2. The molecule has 2 heterocycles. The maximum Gasteiger partial charge on any atom is 0.417 e. The zero-order valence-corrected chi connectivity index (χ0v) is 9.51. The molecule has 0 unspecified atom stereocenters. The first-order valence-electron chi connectivity index (χ1n) is 5.20. The van der Waals surface area contributed by atoms with Gasteiger partial charge < -0.3 is 14.9 Å². The quantitative estimate of drug-likeness (QED) is 0.662. The molecule has 0 saturated heterocycles. The predicted octanol–water partition coefficient (Wildman–Crippen LogP) is 1.23. The van der Waals surface area contributed by atoms with E-state index in [9.17, 15) is 4.79 Å². The average Bonchev–Trinajstić information content (AvgIpc) is 2.85. The summed E-state index contributed by atoms with van der Waals surface area (Å²) in [6, 6.07) is 3.15. The molecule has 0 bridgehead atoms. The third-order valence-electron chi connectivity index (χ3n) is 2.46. The molecular formula is C11H10N4O3. The molecule has 0 amide bonds. The van der Waals surface area contributed by atoms with Gasteiger partial charge in [-0.05, 0) is 0 Å². The van der Waals surface area contributed by atoms with Crippen LogP contribution in [0.3, 0.4) is 0 Å². The maximum atomic E-state index is 11.1. The zero-order chi connectivity index (χ0) is 12.7. The highest BCUT2D eigenvalue weighted by molar-refractivity contribution is 5.80. The lowest BCUT2D eigenvalue weighted by Gasteiger charge is -2.05. The highest BCUT2D eigenvalue weighted by Gasteiger charge is 2.09. The molecule has 0 saturated carbocycles. The Balaban J connectivity index is 2.05. The number of oxazole rings is 1. The van der Waals surface area contributed by atoms with Gasteiger partial charge in [0.2, 0.25) is 0 Å². The molecule has 0 fully saturated rings. The molecule has 92 valence electrons.